The van der Waals surface area contributed by atoms with Crippen molar-refractivity contribution in [1.29, 1.82) is 0 Å². The summed E-state index contributed by atoms with van der Waals surface area (Å²) in [6.45, 7) is 4.31. The molecule has 0 spiro atoms. The zero-order valence-electron chi connectivity index (χ0n) is 9.00. The third kappa shape index (κ3) is 1.58. The molecule has 0 aromatic heterocycles. The fraction of sp³-hybridized carbons (Fsp3) is 0.417. The Morgan fingerprint density at radius 1 is 1.53 bits per heavy atom. The minimum absolute atomic E-state index is 0.499. The average molecular weight is 205 g/mol. The number of nitrogens with one attached hydrogen (secondary N) is 1. The van der Waals surface area contributed by atoms with Crippen LogP contribution in [0, 0.1) is 12.3 Å². The first-order valence-corrected chi connectivity index (χ1v) is 5.09. The molecule has 1 aliphatic heterocycles. The Hall–Kier alpha value is -1.51. The van der Waals surface area contributed by atoms with Crippen molar-refractivity contribution in [2.45, 2.75) is 20.3 Å². The van der Waals surface area contributed by atoms with Gasteiger partial charge in [0.15, 0.2) is 0 Å². The van der Waals surface area contributed by atoms with E-state index in [1.807, 2.05) is 25.1 Å². The van der Waals surface area contributed by atoms with E-state index >= 15 is 0 Å². The van der Waals surface area contributed by atoms with Crippen molar-refractivity contribution in [1.82, 2.24) is 0 Å². The summed E-state index contributed by atoms with van der Waals surface area (Å²) in [6, 6.07) is 6.02. The standard InChI is InChI=1S/C12H15NO2/c1-8-4-3-5-10-9(8)6-12(2,7-13-10)11(14)15/h3-5,13H,6-7H2,1-2H3,(H,14,15). The molecule has 3 heteroatoms. The van der Waals surface area contributed by atoms with Gasteiger partial charge in [0.25, 0.3) is 0 Å². The Morgan fingerprint density at radius 3 is 2.93 bits per heavy atom. The monoisotopic (exact) mass is 205 g/mol. The molecule has 1 aromatic rings. The van der Waals surface area contributed by atoms with Crippen LogP contribution in [0.25, 0.3) is 0 Å². The van der Waals surface area contributed by atoms with Crippen molar-refractivity contribution in [3.05, 3.63) is 29.3 Å². The van der Waals surface area contributed by atoms with E-state index in [0.29, 0.717) is 13.0 Å². The Morgan fingerprint density at radius 2 is 2.27 bits per heavy atom. The molecular weight excluding hydrogens is 190 g/mol. The van der Waals surface area contributed by atoms with Crippen LogP contribution in [0.3, 0.4) is 0 Å². The Bertz CT molecular complexity index is 414. The molecule has 0 aliphatic carbocycles. The molecule has 1 atom stereocenters. The fourth-order valence-corrected chi connectivity index (χ4v) is 2.00. The zero-order chi connectivity index (χ0) is 11.1. The van der Waals surface area contributed by atoms with Gasteiger partial charge < -0.3 is 10.4 Å². The Balaban J connectivity index is 2.42. The van der Waals surface area contributed by atoms with Crippen LogP contribution in [0.4, 0.5) is 5.69 Å². The smallest absolute Gasteiger partial charge is 0.311 e. The van der Waals surface area contributed by atoms with Crippen LogP contribution in [0.2, 0.25) is 0 Å². The van der Waals surface area contributed by atoms with Crippen LogP contribution < -0.4 is 5.32 Å². The number of hydrogen-bond acceptors (Lipinski definition) is 2. The lowest BCUT2D eigenvalue weighted by atomic mass is 9.79. The molecule has 0 saturated heterocycles. The lowest BCUT2D eigenvalue weighted by Crippen LogP contribution is -2.40. The average Bonchev–Trinajstić information content (AvgIpc) is 2.19. The second-order valence-corrected chi connectivity index (χ2v) is 4.50. The molecule has 0 radical (unpaired) electrons. The first-order valence-electron chi connectivity index (χ1n) is 5.09. The number of anilines is 1. The van der Waals surface area contributed by atoms with Crippen molar-refractivity contribution < 1.29 is 9.90 Å². The van der Waals surface area contributed by atoms with Gasteiger partial charge in [0.1, 0.15) is 0 Å². The minimum atomic E-state index is -0.732. The maximum atomic E-state index is 11.2. The highest BCUT2D eigenvalue weighted by molar-refractivity contribution is 5.77. The molecule has 0 bridgehead atoms. The number of hydrogen-bond donors (Lipinski definition) is 2. The van der Waals surface area contributed by atoms with Crippen molar-refractivity contribution in [3.63, 3.8) is 0 Å². The second-order valence-electron chi connectivity index (χ2n) is 4.50. The van der Waals surface area contributed by atoms with Crippen LogP contribution in [0.1, 0.15) is 18.1 Å². The van der Waals surface area contributed by atoms with Gasteiger partial charge in [-0.05, 0) is 37.5 Å². The lowest BCUT2D eigenvalue weighted by Gasteiger charge is -2.32. The number of carboxylic acids is 1. The topological polar surface area (TPSA) is 49.3 Å². The summed E-state index contributed by atoms with van der Waals surface area (Å²) in [6.07, 6.45) is 0.608. The van der Waals surface area contributed by atoms with Gasteiger partial charge in [-0.25, -0.2) is 0 Å². The number of carboxylic acid groups (broad SMARTS) is 1. The maximum Gasteiger partial charge on any atom is 0.311 e. The van der Waals surface area contributed by atoms with Crippen molar-refractivity contribution in [3.8, 4) is 0 Å². The highest BCUT2D eigenvalue weighted by atomic mass is 16.4. The van der Waals surface area contributed by atoms with E-state index in [1.54, 1.807) is 6.92 Å². The summed E-state index contributed by atoms with van der Waals surface area (Å²) < 4.78 is 0. The summed E-state index contributed by atoms with van der Waals surface area (Å²) in [7, 11) is 0. The zero-order valence-corrected chi connectivity index (χ0v) is 9.00. The summed E-state index contributed by atoms with van der Waals surface area (Å²) >= 11 is 0. The molecular formula is C12H15NO2. The summed E-state index contributed by atoms with van der Waals surface area (Å²) in [5, 5.41) is 12.4. The molecule has 2 rings (SSSR count). The molecule has 15 heavy (non-hydrogen) atoms. The lowest BCUT2D eigenvalue weighted by molar-refractivity contribution is -0.147. The molecule has 1 aromatic carbocycles. The molecule has 1 heterocycles. The third-order valence-electron chi connectivity index (χ3n) is 3.16. The first kappa shape index (κ1) is 10.0. The van der Waals surface area contributed by atoms with Gasteiger partial charge in [-0.2, -0.15) is 0 Å². The number of aliphatic carboxylic acids is 1. The maximum absolute atomic E-state index is 11.2. The molecule has 3 nitrogen and oxygen atoms in total. The van der Waals surface area contributed by atoms with Gasteiger partial charge in [-0.15, -0.1) is 0 Å². The predicted molar refractivity (Wildman–Crippen MR) is 59.1 cm³/mol. The quantitative estimate of drug-likeness (QED) is 0.737. The summed E-state index contributed by atoms with van der Waals surface area (Å²) in [5.41, 5.74) is 2.69. The van der Waals surface area contributed by atoms with Crippen LogP contribution in [-0.4, -0.2) is 17.6 Å². The SMILES string of the molecule is Cc1cccc2c1CC(C)(C(=O)O)CN2. The van der Waals surface area contributed by atoms with Gasteiger partial charge in [-0.3, -0.25) is 4.79 Å². The summed E-state index contributed by atoms with van der Waals surface area (Å²) in [5.74, 6) is -0.732. The Kier molecular flexibility index (Phi) is 2.18. The molecule has 0 saturated carbocycles. The van der Waals surface area contributed by atoms with Gasteiger partial charge in [0.05, 0.1) is 5.41 Å². The highest BCUT2D eigenvalue weighted by Crippen LogP contribution is 2.34. The highest BCUT2D eigenvalue weighted by Gasteiger charge is 2.37. The molecule has 0 amide bonds. The molecule has 1 aliphatic rings. The van der Waals surface area contributed by atoms with Gasteiger partial charge in [-0.1, -0.05) is 12.1 Å². The molecule has 80 valence electrons. The van der Waals surface area contributed by atoms with Crippen LogP contribution >= 0.6 is 0 Å². The number of fused-ring (bicyclic) bond motifs is 1. The van der Waals surface area contributed by atoms with E-state index in [0.717, 1.165) is 16.8 Å². The fourth-order valence-electron chi connectivity index (χ4n) is 2.00. The largest absolute Gasteiger partial charge is 0.481 e. The van der Waals surface area contributed by atoms with Crippen LogP contribution in [-0.2, 0) is 11.2 Å². The van der Waals surface area contributed by atoms with E-state index in [2.05, 4.69) is 5.32 Å². The third-order valence-corrected chi connectivity index (χ3v) is 3.16. The first-order chi connectivity index (χ1) is 7.03. The second kappa shape index (κ2) is 3.26. The van der Waals surface area contributed by atoms with Crippen LogP contribution in [0.15, 0.2) is 18.2 Å². The van der Waals surface area contributed by atoms with Crippen molar-refractivity contribution in [2.24, 2.45) is 5.41 Å². The molecule has 1 unspecified atom stereocenters. The van der Waals surface area contributed by atoms with E-state index in [4.69, 9.17) is 0 Å². The minimum Gasteiger partial charge on any atom is -0.481 e. The molecule has 2 N–H and O–H groups in total. The number of carbonyl (C=O) groups is 1. The van der Waals surface area contributed by atoms with Crippen molar-refractivity contribution in [2.75, 3.05) is 11.9 Å². The van der Waals surface area contributed by atoms with E-state index in [1.165, 1.54) is 0 Å². The normalized spacial score (nSPS) is 24.1. The van der Waals surface area contributed by atoms with Gasteiger partial charge in [0.2, 0.25) is 0 Å². The summed E-state index contributed by atoms with van der Waals surface area (Å²) in [4.78, 5) is 11.2. The van der Waals surface area contributed by atoms with E-state index < -0.39 is 11.4 Å². The van der Waals surface area contributed by atoms with Crippen molar-refractivity contribution >= 4 is 11.7 Å². The number of rotatable bonds is 1. The van der Waals surface area contributed by atoms with Gasteiger partial charge >= 0.3 is 5.97 Å². The Labute approximate surface area is 89.1 Å². The predicted octanol–water partition coefficient (Wildman–Crippen LogP) is 2.05. The molecule has 0 fully saturated rings. The number of aryl methyl sites for hydroxylation is 1. The van der Waals surface area contributed by atoms with Crippen LogP contribution in [0.5, 0.6) is 0 Å². The van der Waals surface area contributed by atoms with Gasteiger partial charge in [0, 0.05) is 12.2 Å². The number of benzene rings is 1. The van der Waals surface area contributed by atoms with E-state index in [9.17, 15) is 9.90 Å². The van der Waals surface area contributed by atoms with E-state index in [-0.39, 0.29) is 0 Å².